The Morgan fingerprint density at radius 1 is 1.50 bits per heavy atom. The molecule has 0 fully saturated rings. The van der Waals surface area contributed by atoms with Crippen LogP contribution in [0.2, 0.25) is 0 Å². The molecule has 5 nitrogen and oxygen atoms in total. The van der Waals surface area contributed by atoms with Crippen LogP contribution in [0, 0.1) is 10.5 Å². The summed E-state index contributed by atoms with van der Waals surface area (Å²) in [6.45, 7) is 2.31. The Morgan fingerprint density at radius 2 is 2.31 bits per heavy atom. The lowest BCUT2D eigenvalue weighted by Gasteiger charge is -2.06. The average molecular weight is 330 g/mol. The van der Waals surface area contributed by atoms with Crippen molar-refractivity contribution in [3.05, 3.63) is 33.5 Å². The summed E-state index contributed by atoms with van der Waals surface area (Å²) in [4.78, 5) is 4.11. The first-order valence-electron chi connectivity index (χ1n) is 4.73. The van der Waals surface area contributed by atoms with Gasteiger partial charge in [0.2, 0.25) is 5.89 Å². The van der Waals surface area contributed by atoms with Crippen LogP contribution in [-0.2, 0) is 6.54 Å². The minimum Gasteiger partial charge on any atom is -0.399 e. The molecule has 1 aromatic heterocycles. The number of nitrogens with one attached hydrogen (secondary N) is 1. The Bertz CT molecular complexity index is 497. The van der Waals surface area contributed by atoms with Crippen molar-refractivity contribution in [2.24, 2.45) is 0 Å². The average Bonchev–Trinajstić information content (AvgIpc) is 2.63. The fraction of sp³-hybridized carbons (Fsp3) is 0.200. The van der Waals surface area contributed by atoms with Gasteiger partial charge in [0.25, 0.3) is 0 Å². The molecular weight excluding hydrogens is 319 g/mol. The number of nitrogens with two attached hydrogens (primary N) is 1. The maximum Gasteiger partial charge on any atom is 0.245 e. The topological polar surface area (TPSA) is 77.0 Å². The van der Waals surface area contributed by atoms with Gasteiger partial charge in [-0.1, -0.05) is 5.16 Å². The molecule has 6 heteroatoms. The van der Waals surface area contributed by atoms with E-state index >= 15 is 0 Å². The highest BCUT2D eigenvalue weighted by Gasteiger charge is 2.04. The number of hydrogen-bond acceptors (Lipinski definition) is 5. The zero-order valence-electron chi connectivity index (χ0n) is 8.70. The SMILES string of the molecule is Cc1noc(CNc2ccc(N)cc2I)n1. The third-order valence-electron chi connectivity index (χ3n) is 1.99. The molecule has 3 N–H and O–H groups in total. The number of anilines is 2. The zero-order chi connectivity index (χ0) is 11.5. The lowest BCUT2D eigenvalue weighted by Crippen LogP contribution is -2.01. The molecule has 0 bridgehead atoms. The molecule has 0 saturated carbocycles. The first-order valence-corrected chi connectivity index (χ1v) is 5.81. The van der Waals surface area contributed by atoms with Crippen molar-refractivity contribution in [1.29, 1.82) is 0 Å². The van der Waals surface area contributed by atoms with Gasteiger partial charge in [-0.2, -0.15) is 4.98 Å². The van der Waals surface area contributed by atoms with Crippen molar-refractivity contribution in [3.63, 3.8) is 0 Å². The number of nitrogens with zero attached hydrogens (tertiary/aromatic N) is 2. The number of rotatable bonds is 3. The summed E-state index contributed by atoms with van der Waals surface area (Å²) in [5.41, 5.74) is 7.42. The lowest BCUT2D eigenvalue weighted by atomic mass is 10.3. The van der Waals surface area contributed by atoms with Crippen molar-refractivity contribution in [3.8, 4) is 0 Å². The van der Waals surface area contributed by atoms with E-state index in [9.17, 15) is 0 Å². The van der Waals surface area contributed by atoms with Gasteiger partial charge in [-0.3, -0.25) is 0 Å². The monoisotopic (exact) mass is 330 g/mol. The van der Waals surface area contributed by atoms with Gasteiger partial charge in [0, 0.05) is 14.9 Å². The van der Waals surface area contributed by atoms with Gasteiger partial charge in [-0.05, 0) is 47.7 Å². The Labute approximate surface area is 107 Å². The van der Waals surface area contributed by atoms with Crippen molar-refractivity contribution < 1.29 is 4.52 Å². The van der Waals surface area contributed by atoms with Crippen LogP contribution in [-0.4, -0.2) is 10.1 Å². The van der Waals surface area contributed by atoms with Crippen LogP contribution in [0.25, 0.3) is 0 Å². The van der Waals surface area contributed by atoms with E-state index in [1.807, 2.05) is 18.2 Å². The first kappa shape index (κ1) is 11.2. The molecule has 84 valence electrons. The van der Waals surface area contributed by atoms with Gasteiger partial charge in [-0.15, -0.1) is 0 Å². The van der Waals surface area contributed by atoms with Crippen molar-refractivity contribution in [1.82, 2.24) is 10.1 Å². The minimum absolute atomic E-state index is 0.515. The summed E-state index contributed by atoms with van der Waals surface area (Å²) in [7, 11) is 0. The molecule has 0 aliphatic rings. The molecule has 0 saturated heterocycles. The molecule has 2 aromatic rings. The number of aryl methyl sites for hydroxylation is 1. The van der Waals surface area contributed by atoms with Gasteiger partial charge >= 0.3 is 0 Å². The standard InChI is InChI=1S/C10H11IN4O/c1-6-14-10(16-15-6)5-13-9-3-2-7(12)4-8(9)11/h2-4,13H,5,12H2,1H3. The third-order valence-corrected chi connectivity index (χ3v) is 2.89. The second-order valence-electron chi connectivity index (χ2n) is 3.33. The number of benzene rings is 1. The highest BCUT2D eigenvalue weighted by Crippen LogP contribution is 2.21. The molecule has 2 rings (SSSR count). The highest BCUT2D eigenvalue weighted by molar-refractivity contribution is 14.1. The molecule has 0 spiro atoms. The van der Waals surface area contributed by atoms with Crippen LogP contribution >= 0.6 is 22.6 Å². The van der Waals surface area contributed by atoms with E-state index in [0.717, 1.165) is 14.9 Å². The molecule has 0 unspecified atom stereocenters. The van der Waals surface area contributed by atoms with E-state index < -0.39 is 0 Å². The molecule has 0 atom stereocenters. The molecule has 16 heavy (non-hydrogen) atoms. The molecule has 0 amide bonds. The van der Waals surface area contributed by atoms with Gasteiger partial charge in [0.15, 0.2) is 5.82 Å². The summed E-state index contributed by atoms with van der Waals surface area (Å²) in [5.74, 6) is 1.22. The maximum atomic E-state index is 5.66. The van der Waals surface area contributed by atoms with E-state index in [0.29, 0.717) is 18.3 Å². The Hall–Kier alpha value is -1.31. The second-order valence-corrected chi connectivity index (χ2v) is 4.49. The van der Waals surface area contributed by atoms with Gasteiger partial charge in [0.05, 0.1) is 6.54 Å². The molecule has 0 aliphatic carbocycles. The molecule has 1 aromatic carbocycles. The smallest absolute Gasteiger partial charge is 0.245 e. The fourth-order valence-corrected chi connectivity index (χ4v) is 1.99. The van der Waals surface area contributed by atoms with E-state index in [1.165, 1.54) is 0 Å². The maximum absolute atomic E-state index is 5.66. The van der Waals surface area contributed by atoms with Crippen molar-refractivity contribution >= 4 is 34.0 Å². The van der Waals surface area contributed by atoms with Gasteiger partial charge in [0.1, 0.15) is 0 Å². The fourth-order valence-electron chi connectivity index (χ4n) is 1.26. The molecule has 1 heterocycles. The summed E-state index contributed by atoms with van der Waals surface area (Å²) in [5, 5.41) is 6.93. The number of aromatic nitrogens is 2. The predicted octanol–water partition coefficient (Wildman–Crippen LogP) is 2.18. The summed E-state index contributed by atoms with van der Waals surface area (Å²) >= 11 is 2.22. The van der Waals surface area contributed by atoms with Crippen LogP contribution in [0.5, 0.6) is 0 Å². The van der Waals surface area contributed by atoms with Crippen molar-refractivity contribution in [2.45, 2.75) is 13.5 Å². The number of halogens is 1. The van der Waals surface area contributed by atoms with Crippen LogP contribution < -0.4 is 11.1 Å². The Kier molecular flexibility index (Phi) is 3.28. The largest absolute Gasteiger partial charge is 0.399 e. The van der Waals surface area contributed by atoms with Crippen LogP contribution in [0.15, 0.2) is 22.7 Å². The molecular formula is C10H11IN4O. The number of nitrogen functional groups attached to an aromatic ring is 1. The second kappa shape index (κ2) is 4.69. The molecule has 0 radical (unpaired) electrons. The lowest BCUT2D eigenvalue weighted by molar-refractivity contribution is 0.379. The van der Waals surface area contributed by atoms with E-state index in [2.05, 4.69) is 38.0 Å². The van der Waals surface area contributed by atoms with Gasteiger partial charge < -0.3 is 15.6 Å². The van der Waals surface area contributed by atoms with Gasteiger partial charge in [-0.25, -0.2) is 0 Å². The summed E-state index contributed by atoms with van der Waals surface area (Å²) in [6.07, 6.45) is 0. The minimum atomic E-state index is 0.515. The van der Waals surface area contributed by atoms with E-state index in [1.54, 1.807) is 6.92 Å². The highest BCUT2D eigenvalue weighted by atomic mass is 127. The van der Waals surface area contributed by atoms with E-state index in [4.69, 9.17) is 10.3 Å². The van der Waals surface area contributed by atoms with Crippen LogP contribution in [0.3, 0.4) is 0 Å². The van der Waals surface area contributed by atoms with Crippen LogP contribution in [0.4, 0.5) is 11.4 Å². The summed E-state index contributed by atoms with van der Waals surface area (Å²) in [6, 6.07) is 5.69. The Morgan fingerprint density at radius 3 is 2.94 bits per heavy atom. The normalized spacial score (nSPS) is 10.4. The van der Waals surface area contributed by atoms with Crippen LogP contribution in [0.1, 0.15) is 11.7 Å². The zero-order valence-corrected chi connectivity index (χ0v) is 10.9. The van der Waals surface area contributed by atoms with Crippen molar-refractivity contribution in [2.75, 3.05) is 11.1 Å². The predicted molar refractivity (Wildman–Crippen MR) is 69.9 cm³/mol. The quantitative estimate of drug-likeness (QED) is 0.666. The third kappa shape index (κ3) is 2.63. The summed E-state index contributed by atoms with van der Waals surface area (Å²) < 4.78 is 6.06. The van der Waals surface area contributed by atoms with E-state index in [-0.39, 0.29) is 0 Å². The first-order chi connectivity index (χ1) is 7.65. The Balaban J connectivity index is 2.04. The molecule has 0 aliphatic heterocycles. The number of hydrogen-bond donors (Lipinski definition) is 2.